The first kappa shape index (κ1) is 11.9. The van der Waals surface area contributed by atoms with Crippen LogP contribution in [0.2, 0.25) is 0 Å². The van der Waals surface area contributed by atoms with Crippen LogP contribution >= 0.6 is 0 Å². The molecule has 0 spiro atoms. The number of rotatable bonds is 3. The molecule has 2 unspecified atom stereocenters. The number of aliphatic hydroxyl groups is 1. The number of amides is 1. The van der Waals surface area contributed by atoms with Crippen LogP contribution in [0, 0.1) is 0 Å². The minimum absolute atomic E-state index is 0.116. The molecule has 1 N–H and O–H groups in total. The second kappa shape index (κ2) is 5.19. The zero-order valence-corrected chi connectivity index (χ0v) is 9.58. The lowest BCUT2D eigenvalue weighted by atomic mass is 10.1. The highest BCUT2D eigenvalue weighted by Crippen LogP contribution is 2.25. The summed E-state index contributed by atoms with van der Waals surface area (Å²) in [6, 6.07) is 9.32. The van der Waals surface area contributed by atoms with Gasteiger partial charge in [-0.05, 0) is 24.8 Å². The molecule has 1 saturated carbocycles. The van der Waals surface area contributed by atoms with Crippen molar-refractivity contribution in [2.75, 3.05) is 0 Å². The van der Waals surface area contributed by atoms with Crippen LogP contribution in [0.4, 0.5) is 4.79 Å². The van der Waals surface area contributed by atoms with Gasteiger partial charge in [0.05, 0.1) is 6.10 Å². The van der Waals surface area contributed by atoms with Crippen molar-refractivity contribution in [3.05, 3.63) is 35.9 Å². The third-order valence-electron chi connectivity index (χ3n) is 3.25. The van der Waals surface area contributed by atoms with Gasteiger partial charge in [0.25, 0.3) is 0 Å². The van der Waals surface area contributed by atoms with Gasteiger partial charge < -0.3 is 19.9 Å². The average Bonchev–Trinajstić information content (AvgIpc) is 2.73. The standard InChI is InChI=1S/C13H17NO3/c15-12-7-6-11(8-12)14(13(16)17)9-10-4-2-1-3-5-10/h1-5,11-12,15H,6-9H2,(H,16,17)/p-1. The van der Waals surface area contributed by atoms with Crippen molar-refractivity contribution < 1.29 is 15.0 Å². The zero-order chi connectivity index (χ0) is 12.3. The molecule has 1 amide bonds. The molecule has 0 bridgehead atoms. The van der Waals surface area contributed by atoms with E-state index in [1.165, 1.54) is 4.90 Å². The third kappa shape index (κ3) is 2.97. The van der Waals surface area contributed by atoms with Gasteiger partial charge in [0, 0.05) is 12.6 Å². The van der Waals surface area contributed by atoms with Crippen molar-refractivity contribution in [1.82, 2.24) is 4.90 Å². The Hall–Kier alpha value is -1.55. The van der Waals surface area contributed by atoms with Gasteiger partial charge in [0.2, 0.25) is 0 Å². The van der Waals surface area contributed by atoms with Gasteiger partial charge in [-0.25, -0.2) is 0 Å². The lowest BCUT2D eigenvalue weighted by Gasteiger charge is -2.31. The Morgan fingerprint density at radius 3 is 2.59 bits per heavy atom. The summed E-state index contributed by atoms with van der Waals surface area (Å²) in [6.07, 6.45) is 0.358. The van der Waals surface area contributed by atoms with E-state index in [4.69, 9.17) is 0 Å². The van der Waals surface area contributed by atoms with E-state index < -0.39 is 6.09 Å². The minimum atomic E-state index is -1.16. The molecule has 0 radical (unpaired) electrons. The first-order chi connectivity index (χ1) is 8.16. The molecule has 0 aromatic heterocycles. The summed E-state index contributed by atoms with van der Waals surface area (Å²) in [5.41, 5.74) is 0.943. The van der Waals surface area contributed by atoms with Crippen molar-refractivity contribution >= 4 is 6.09 Å². The Balaban J connectivity index is 2.05. The topological polar surface area (TPSA) is 63.6 Å². The highest BCUT2D eigenvalue weighted by Gasteiger charge is 2.28. The molecule has 1 aromatic rings. The van der Waals surface area contributed by atoms with Crippen LogP contribution in [0.5, 0.6) is 0 Å². The van der Waals surface area contributed by atoms with Gasteiger partial charge in [-0.2, -0.15) is 0 Å². The maximum atomic E-state index is 11.1. The Kier molecular flexibility index (Phi) is 3.64. The number of hydrogen-bond acceptors (Lipinski definition) is 3. The van der Waals surface area contributed by atoms with Crippen molar-refractivity contribution in [3.8, 4) is 0 Å². The summed E-state index contributed by atoms with van der Waals surface area (Å²) in [4.78, 5) is 12.5. The molecule has 1 aliphatic carbocycles. The van der Waals surface area contributed by atoms with Crippen molar-refractivity contribution in [1.29, 1.82) is 0 Å². The molecule has 2 atom stereocenters. The van der Waals surface area contributed by atoms with E-state index >= 15 is 0 Å². The van der Waals surface area contributed by atoms with Crippen molar-refractivity contribution in [2.45, 2.75) is 38.0 Å². The largest absolute Gasteiger partial charge is 0.530 e. The van der Waals surface area contributed by atoms with Gasteiger partial charge in [-0.1, -0.05) is 30.3 Å². The molecular formula is C13H16NO3-. The van der Waals surface area contributed by atoms with Gasteiger partial charge in [-0.15, -0.1) is 0 Å². The highest BCUT2D eigenvalue weighted by atomic mass is 16.4. The minimum Gasteiger partial charge on any atom is -0.530 e. The molecule has 1 aromatic carbocycles. The van der Waals surface area contributed by atoms with E-state index in [-0.39, 0.29) is 12.1 Å². The van der Waals surface area contributed by atoms with Crippen LogP contribution in [-0.2, 0) is 6.54 Å². The van der Waals surface area contributed by atoms with E-state index in [1.54, 1.807) is 0 Å². The molecule has 4 nitrogen and oxygen atoms in total. The van der Waals surface area contributed by atoms with Crippen LogP contribution in [0.25, 0.3) is 0 Å². The second-order valence-electron chi connectivity index (χ2n) is 4.50. The lowest BCUT2D eigenvalue weighted by molar-refractivity contribution is -0.268. The summed E-state index contributed by atoms with van der Waals surface area (Å²) in [7, 11) is 0. The maximum absolute atomic E-state index is 11.1. The Morgan fingerprint density at radius 1 is 1.35 bits per heavy atom. The molecule has 92 valence electrons. The molecule has 0 saturated heterocycles. The normalized spacial score (nSPS) is 23.6. The first-order valence-corrected chi connectivity index (χ1v) is 5.86. The fourth-order valence-electron chi connectivity index (χ4n) is 2.34. The van der Waals surface area contributed by atoms with Crippen LogP contribution in [-0.4, -0.2) is 28.2 Å². The molecule has 17 heavy (non-hydrogen) atoms. The molecule has 2 rings (SSSR count). The Bertz CT molecular complexity index is 380. The number of nitrogens with zero attached hydrogens (tertiary/aromatic N) is 1. The van der Waals surface area contributed by atoms with Crippen molar-refractivity contribution in [2.24, 2.45) is 0 Å². The number of benzene rings is 1. The van der Waals surface area contributed by atoms with E-state index in [0.29, 0.717) is 25.8 Å². The summed E-state index contributed by atoms with van der Waals surface area (Å²) in [5, 5.41) is 20.6. The lowest BCUT2D eigenvalue weighted by Crippen LogP contribution is -2.46. The van der Waals surface area contributed by atoms with Crippen molar-refractivity contribution in [3.63, 3.8) is 0 Å². The smallest absolute Gasteiger partial charge is 0.137 e. The second-order valence-corrected chi connectivity index (χ2v) is 4.50. The number of hydrogen-bond donors (Lipinski definition) is 1. The number of carbonyl (C=O) groups is 1. The summed E-state index contributed by atoms with van der Waals surface area (Å²) in [5.74, 6) is 0. The number of aliphatic hydroxyl groups excluding tert-OH is 1. The maximum Gasteiger partial charge on any atom is 0.137 e. The van der Waals surface area contributed by atoms with E-state index in [0.717, 1.165) is 5.56 Å². The molecular weight excluding hydrogens is 218 g/mol. The molecule has 1 fully saturated rings. The van der Waals surface area contributed by atoms with Crippen LogP contribution in [0.15, 0.2) is 30.3 Å². The van der Waals surface area contributed by atoms with E-state index in [9.17, 15) is 15.0 Å². The monoisotopic (exact) mass is 234 g/mol. The zero-order valence-electron chi connectivity index (χ0n) is 9.58. The predicted molar refractivity (Wildman–Crippen MR) is 61.0 cm³/mol. The van der Waals surface area contributed by atoms with Crippen LogP contribution < -0.4 is 5.11 Å². The Labute approximate surface area is 100 Å². The number of carboxylic acid groups (broad SMARTS) is 1. The van der Waals surface area contributed by atoms with Gasteiger partial charge >= 0.3 is 0 Å². The molecule has 0 heterocycles. The molecule has 0 aliphatic heterocycles. The summed E-state index contributed by atoms with van der Waals surface area (Å²) >= 11 is 0. The highest BCUT2D eigenvalue weighted by molar-refractivity contribution is 5.63. The van der Waals surface area contributed by atoms with Gasteiger partial charge in [-0.3, -0.25) is 0 Å². The SMILES string of the molecule is O=C([O-])N(Cc1ccccc1)C1CCC(O)C1. The fraction of sp³-hybridized carbons (Fsp3) is 0.462. The Morgan fingerprint density at radius 2 is 2.06 bits per heavy atom. The fourth-order valence-corrected chi connectivity index (χ4v) is 2.34. The number of carbonyl (C=O) groups excluding carboxylic acids is 1. The average molecular weight is 234 g/mol. The first-order valence-electron chi connectivity index (χ1n) is 5.86. The van der Waals surface area contributed by atoms with Gasteiger partial charge in [0.15, 0.2) is 0 Å². The summed E-state index contributed by atoms with van der Waals surface area (Å²) < 4.78 is 0. The van der Waals surface area contributed by atoms with Crippen LogP contribution in [0.1, 0.15) is 24.8 Å². The molecule has 1 aliphatic rings. The van der Waals surface area contributed by atoms with Crippen LogP contribution in [0.3, 0.4) is 0 Å². The van der Waals surface area contributed by atoms with E-state index in [1.807, 2.05) is 30.3 Å². The summed E-state index contributed by atoms with van der Waals surface area (Å²) in [6.45, 7) is 0.334. The predicted octanol–water partition coefficient (Wildman–Crippen LogP) is 0.745. The van der Waals surface area contributed by atoms with Gasteiger partial charge in [0.1, 0.15) is 6.09 Å². The third-order valence-corrected chi connectivity index (χ3v) is 3.25. The quantitative estimate of drug-likeness (QED) is 0.839. The van der Waals surface area contributed by atoms with E-state index in [2.05, 4.69) is 0 Å². The molecule has 4 heteroatoms.